The predicted octanol–water partition coefficient (Wildman–Crippen LogP) is 1.39. The molecule has 82 valence electrons. The molecule has 0 aliphatic heterocycles. The first-order valence-electron chi connectivity index (χ1n) is 5.90. The molecule has 2 aliphatic rings. The Morgan fingerprint density at radius 3 is 3.06 bits per heavy atom. The molecule has 0 amide bonds. The van der Waals surface area contributed by atoms with Crippen LogP contribution in [0.2, 0.25) is 0 Å². The molecule has 4 heteroatoms. The van der Waals surface area contributed by atoms with Crippen molar-refractivity contribution in [1.82, 2.24) is 14.6 Å². The number of hydrogen-bond donors (Lipinski definition) is 1. The lowest BCUT2D eigenvalue weighted by atomic mass is 9.84. The van der Waals surface area contributed by atoms with E-state index < -0.39 is 0 Å². The van der Waals surface area contributed by atoms with E-state index in [0.717, 1.165) is 24.1 Å². The van der Waals surface area contributed by atoms with Crippen molar-refractivity contribution in [2.24, 2.45) is 0 Å². The van der Waals surface area contributed by atoms with Gasteiger partial charge in [0, 0.05) is 22.7 Å². The fraction of sp³-hybridized carbons (Fsp3) is 0.500. The standard InChI is InChI=1S/C12H13N3O/c16-11-8-2-1-4-12(5-6-12)10(8)14-9-3-7-13-15(9)11/h3,7,14H,1-2,4-6H2. The second-order valence-electron chi connectivity index (χ2n) is 5.05. The molecule has 16 heavy (non-hydrogen) atoms. The van der Waals surface area contributed by atoms with E-state index in [1.165, 1.54) is 29.5 Å². The minimum atomic E-state index is 0.0831. The van der Waals surface area contributed by atoms with Gasteiger partial charge in [0.2, 0.25) is 0 Å². The maximum Gasteiger partial charge on any atom is 0.277 e. The first kappa shape index (κ1) is 8.56. The van der Waals surface area contributed by atoms with Gasteiger partial charge < -0.3 is 4.98 Å². The van der Waals surface area contributed by atoms with Gasteiger partial charge in [-0.05, 0) is 32.1 Å². The van der Waals surface area contributed by atoms with Crippen LogP contribution in [0.3, 0.4) is 0 Å². The van der Waals surface area contributed by atoms with Gasteiger partial charge in [0.25, 0.3) is 5.56 Å². The van der Waals surface area contributed by atoms with Crippen LogP contribution in [0.5, 0.6) is 0 Å². The van der Waals surface area contributed by atoms with Crippen molar-refractivity contribution in [3.05, 3.63) is 33.9 Å². The van der Waals surface area contributed by atoms with Gasteiger partial charge in [-0.3, -0.25) is 4.79 Å². The summed E-state index contributed by atoms with van der Waals surface area (Å²) in [5.74, 6) is 0. The molecule has 0 radical (unpaired) electrons. The molecule has 2 aromatic heterocycles. The number of rotatable bonds is 0. The van der Waals surface area contributed by atoms with Crippen LogP contribution in [0, 0.1) is 0 Å². The number of nitrogens with one attached hydrogen (secondary N) is 1. The van der Waals surface area contributed by atoms with Crippen molar-refractivity contribution < 1.29 is 0 Å². The van der Waals surface area contributed by atoms with Gasteiger partial charge in [0.15, 0.2) is 0 Å². The second-order valence-corrected chi connectivity index (χ2v) is 5.05. The molecule has 1 N–H and O–H groups in total. The highest BCUT2D eigenvalue weighted by Gasteiger charge is 2.48. The number of hydrogen-bond acceptors (Lipinski definition) is 2. The van der Waals surface area contributed by atoms with Crippen LogP contribution in [-0.2, 0) is 11.8 Å². The van der Waals surface area contributed by atoms with Gasteiger partial charge in [-0.15, -0.1) is 0 Å². The lowest BCUT2D eigenvalue weighted by molar-refractivity contribution is 0.519. The van der Waals surface area contributed by atoms with Crippen LogP contribution in [0.15, 0.2) is 17.1 Å². The SMILES string of the molecule is O=c1c2c([nH]c3ccnn13)C1(CCC2)CC1. The molecule has 0 aromatic carbocycles. The molecule has 0 bridgehead atoms. The molecule has 2 aromatic rings. The fourth-order valence-electron chi connectivity index (χ4n) is 3.06. The summed E-state index contributed by atoms with van der Waals surface area (Å²) in [4.78, 5) is 15.7. The normalized spacial score (nSPS) is 21.2. The van der Waals surface area contributed by atoms with Gasteiger partial charge in [-0.25, -0.2) is 0 Å². The summed E-state index contributed by atoms with van der Waals surface area (Å²) in [7, 11) is 0. The molecular formula is C12H13N3O. The van der Waals surface area contributed by atoms with Gasteiger partial charge in [0.05, 0.1) is 6.20 Å². The van der Waals surface area contributed by atoms with E-state index in [4.69, 9.17) is 0 Å². The Labute approximate surface area is 92.3 Å². The Morgan fingerprint density at radius 1 is 1.38 bits per heavy atom. The molecule has 4 rings (SSSR count). The first-order chi connectivity index (χ1) is 7.80. The Hall–Kier alpha value is -1.58. The molecule has 1 spiro atoms. The highest BCUT2D eigenvalue weighted by Crippen LogP contribution is 2.54. The number of aromatic amines is 1. The van der Waals surface area contributed by atoms with Crippen LogP contribution >= 0.6 is 0 Å². The molecule has 1 fully saturated rings. The van der Waals surface area contributed by atoms with Gasteiger partial charge in [-0.2, -0.15) is 9.61 Å². The summed E-state index contributed by atoms with van der Waals surface area (Å²) in [5.41, 5.74) is 3.41. The van der Waals surface area contributed by atoms with Gasteiger partial charge in [0.1, 0.15) is 5.65 Å². The third-order valence-electron chi connectivity index (χ3n) is 4.11. The predicted molar refractivity (Wildman–Crippen MR) is 59.7 cm³/mol. The van der Waals surface area contributed by atoms with Crippen molar-refractivity contribution in [3.63, 3.8) is 0 Å². The molecular weight excluding hydrogens is 202 g/mol. The maximum absolute atomic E-state index is 12.2. The molecule has 0 atom stereocenters. The maximum atomic E-state index is 12.2. The Balaban J connectivity index is 2.13. The van der Waals surface area contributed by atoms with E-state index in [0.29, 0.717) is 5.41 Å². The molecule has 0 unspecified atom stereocenters. The zero-order valence-electron chi connectivity index (χ0n) is 8.99. The highest BCUT2D eigenvalue weighted by atomic mass is 16.1. The highest BCUT2D eigenvalue weighted by molar-refractivity contribution is 5.44. The van der Waals surface area contributed by atoms with E-state index in [1.807, 2.05) is 6.07 Å². The number of aromatic nitrogens is 3. The van der Waals surface area contributed by atoms with E-state index in [9.17, 15) is 4.79 Å². The second kappa shape index (κ2) is 2.56. The summed E-state index contributed by atoms with van der Waals surface area (Å²) in [6.45, 7) is 0. The van der Waals surface area contributed by atoms with Crippen LogP contribution in [-0.4, -0.2) is 14.6 Å². The zero-order valence-corrected chi connectivity index (χ0v) is 8.99. The topological polar surface area (TPSA) is 50.2 Å². The lowest BCUT2D eigenvalue weighted by Gasteiger charge is -2.24. The Kier molecular flexibility index (Phi) is 1.37. The van der Waals surface area contributed by atoms with Crippen molar-refractivity contribution in [2.75, 3.05) is 0 Å². The average molecular weight is 215 g/mol. The summed E-state index contributed by atoms with van der Waals surface area (Å²) in [6, 6.07) is 1.87. The summed E-state index contributed by atoms with van der Waals surface area (Å²) in [6.07, 6.45) is 7.43. The molecule has 0 saturated heterocycles. The fourth-order valence-corrected chi connectivity index (χ4v) is 3.06. The first-order valence-corrected chi connectivity index (χ1v) is 5.90. The number of fused-ring (bicyclic) bond motifs is 3. The van der Waals surface area contributed by atoms with E-state index >= 15 is 0 Å². The van der Waals surface area contributed by atoms with Crippen molar-refractivity contribution in [3.8, 4) is 0 Å². The van der Waals surface area contributed by atoms with Crippen molar-refractivity contribution in [1.29, 1.82) is 0 Å². The van der Waals surface area contributed by atoms with Crippen LogP contribution < -0.4 is 5.56 Å². The lowest BCUT2D eigenvalue weighted by Crippen LogP contribution is -2.29. The van der Waals surface area contributed by atoms with Crippen LogP contribution in [0.25, 0.3) is 5.65 Å². The minimum Gasteiger partial charge on any atom is -0.343 e. The smallest absolute Gasteiger partial charge is 0.277 e. The van der Waals surface area contributed by atoms with E-state index in [-0.39, 0.29) is 5.56 Å². The van der Waals surface area contributed by atoms with E-state index in [2.05, 4.69) is 10.1 Å². The molecule has 2 heterocycles. The average Bonchev–Trinajstić information content (AvgIpc) is 2.90. The summed E-state index contributed by atoms with van der Waals surface area (Å²) in [5, 5.41) is 4.07. The molecule has 1 saturated carbocycles. The quantitative estimate of drug-likeness (QED) is 0.722. The number of H-pyrrole nitrogens is 1. The summed E-state index contributed by atoms with van der Waals surface area (Å²) < 4.78 is 1.49. The molecule has 4 nitrogen and oxygen atoms in total. The Morgan fingerprint density at radius 2 is 2.25 bits per heavy atom. The monoisotopic (exact) mass is 215 g/mol. The third kappa shape index (κ3) is 0.900. The van der Waals surface area contributed by atoms with Crippen LogP contribution in [0.4, 0.5) is 0 Å². The number of nitrogens with zero attached hydrogens (tertiary/aromatic N) is 2. The third-order valence-corrected chi connectivity index (χ3v) is 4.11. The van der Waals surface area contributed by atoms with Crippen LogP contribution in [0.1, 0.15) is 36.9 Å². The van der Waals surface area contributed by atoms with Gasteiger partial charge >= 0.3 is 0 Å². The minimum absolute atomic E-state index is 0.0831. The molecule has 2 aliphatic carbocycles. The van der Waals surface area contributed by atoms with Crippen molar-refractivity contribution >= 4 is 5.65 Å². The zero-order chi connectivity index (χ0) is 10.8. The largest absolute Gasteiger partial charge is 0.343 e. The van der Waals surface area contributed by atoms with Gasteiger partial charge in [-0.1, -0.05) is 0 Å². The van der Waals surface area contributed by atoms with Crippen molar-refractivity contribution in [2.45, 2.75) is 37.5 Å². The summed E-state index contributed by atoms with van der Waals surface area (Å²) >= 11 is 0. The van der Waals surface area contributed by atoms with E-state index in [1.54, 1.807) is 6.20 Å². The Bertz CT molecular complexity index is 633.